The fourth-order valence-electron chi connectivity index (χ4n) is 2.85. The SMILES string of the molecule is CCC(Nc1nc(NCc2cc(N)ccc2O)c2ncn(C)c2n1)C(C)O. The van der Waals surface area contributed by atoms with Gasteiger partial charge >= 0.3 is 0 Å². The number of phenols is 1. The van der Waals surface area contributed by atoms with E-state index in [0.29, 0.717) is 40.7 Å². The van der Waals surface area contributed by atoms with Crippen LogP contribution in [-0.4, -0.2) is 41.9 Å². The molecule has 2 atom stereocenters. The number of benzene rings is 1. The van der Waals surface area contributed by atoms with Crippen molar-refractivity contribution in [2.24, 2.45) is 7.05 Å². The van der Waals surface area contributed by atoms with E-state index in [1.807, 2.05) is 14.0 Å². The summed E-state index contributed by atoms with van der Waals surface area (Å²) in [6.45, 7) is 4.03. The Kier molecular flexibility index (Phi) is 5.31. The molecular formula is C18H25N7O2. The lowest BCUT2D eigenvalue weighted by Gasteiger charge is -2.20. The van der Waals surface area contributed by atoms with Crippen LogP contribution >= 0.6 is 0 Å². The summed E-state index contributed by atoms with van der Waals surface area (Å²) in [6.07, 6.45) is 1.85. The summed E-state index contributed by atoms with van der Waals surface area (Å²) in [5.41, 5.74) is 8.31. The van der Waals surface area contributed by atoms with Gasteiger partial charge in [0, 0.05) is 24.8 Å². The number of nitrogens with zero attached hydrogens (tertiary/aromatic N) is 4. The Morgan fingerprint density at radius 1 is 1.30 bits per heavy atom. The molecule has 0 saturated heterocycles. The number of fused-ring (bicyclic) bond motifs is 1. The average Bonchev–Trinajstić information content (AvgIpc) is 3.01. The first-order valence-corrected chi connectivity index (χ1v) is 8.84. The Bertz CT molecular complexity index is 939. The molecule has 2 aromatic heterocycles. The summed E-state index contributed by atoms with van der Waals surface area (Å²) in [7, 11) is 1.85. The number of rotatable bonds is 7. The fourth-order valence-corrected chi connectivity index (χ4v) is 2.85. The summed E-state index contributed by atoms with van der Waals surface area (Å²) < 4.78 is 1.80. The monoisotopic (exact) mass is 371 g/mol. The predicted octanol–water partition coefficient (Wildman–Crippen LogP) is 1.83. The highest BCUT2D eigenvalue weighted by Crippen LogP contribution is 2.24. The maximum Gasteiger partial charge on any atom is 0.227 e. The van der Waals surface area contributed by atoms with Gasteiger partial charge in [0.2, 0.25) is 5.95 Å². The quantitative estimate of drug-likeness (QED) is 0.314. The van der Waals surface area contributed by atoms with Crippen LogP contribution in [0.2, 0.25) is 0 Å². The summed E-state index contributed by atoms with van der Waals surface area (Å²) in [4.78, 5) is 13.4. The van der Waals surface area contributed by atoms with E-state index in [1.54, 1.807) is 36.0 Å². The second-order valence-electron chi connectivity index (χ2n) is 6.56. The van der Waals surface area contributed by atoms with Gasteiger partial charge in [0.05, 0.1) is 18.5 Å². The Hall–Kier alpha value is -3.07. The third kappa shape index (κ3) is 4.03. The van der Waals surface area contributed by atoms with Crippen molar-refractivity contribution >= 4 is 28.6 Å². The van der Waals surface area contributed by atoms with Crippen LogP contribution in [-0.2, 0) is 13.6 Å². The van der Waals surface area contributed by atoms with Gasteiger partial charge in [-0.25, -0.2) is 4.98 Å². The molecule has 0 aliphatic carbocycles. The van der Waals surface area contributed by atoms with E-state index in [1.165, 1.54) is 0 Å². The summed E-state index contributed by atoms with van der Waals surface area (Å²) >= 11 is 0. The molecule has 0 spiro atoms. The molecule has 0 bridgehead atoms. The Balaban J connectivity index is 1.92. The van der Waals surface area contributed by atoms with Gasteiger partial charge in [-0.2, -0.15) is 9.97 Å². The van der Waals surface area contributed by atoms with Crippen molar-refractivity contribution in [2.45, 2.75) is 39.0 Å². The van der Waals surface area contributed by atoms with E-state index in [4.69, 9.17) is 5.73 Å². The summed E-state index contributed by atoms with van der Waals surface area (Å²) in [5, 5.41) is 26.3. The number of aliphatic hydroxyl groups excluding tert-OH is 1. The molecular weight excluding hydrogens is 346 g/mol. The number of aromatic hydroxyl groups is 1. The van der Waals surface area contributed by atoms with Crippen LogP contribution in [0.5, 0.6) is 5.75 Å². The molecule has 2 heterocycles. The van der Waals surface area contributed by atoms with Crippen molar-refractivity contribution in [2.75, 3.05) is 16.4 Å². The molecule has 0 amide bonds. The van der Waals surface area contributed by atoms with Crippen molar-refractivity contribution in [1.82, 2.24) is 19.5 Å². The topological polar surface area (TPSA) is 134 Å². The zero-order valence-corrected chi connectivity index (χ0v) is 15.6. The molecule has 3 aromatic rings. The van der Waals surface area contributed by atoms with E-state index in [2.05, 4.69) is 25.6 Å². The number of imidazole rings is 1. The smallest absolute Gasteiger partial charge is 0.227 e. The molecule has 2 unspecified atom stereocenters. The molecule has 6 N–H and O–H groups in total. The fraction of sp³-hybridized carbons (Fsp3) is 0.389. The van der Waals surface area contributed by atoms with Gasteiger partial charge in [-0.05, 0) is 31.5 Å². The highest BCUT2D eigenvalue weighted by Gasteiger charge is 2.17. The number of phenolic OH excluding ortho intramolecular Hbond substituents is 1. The summed E-state index contributed by atoms with van der Waals surface area (Å²) in [5.74, 6) is 1.09. The zero-order valence-electron chi connectivity index (χ0n) is 15.6. The Morgan fingerprint density at radius 3 is 2.78 bits per heavy atom. The number of hydrogen-bond acceptors (Lipinski definition) is 8. The van der Waals surface area contributed by atoms with Crippen LogP contribution in [0.15, 0.2) is 24.5 Å². The third-order valence-electron chi connectivity index (χ3n) is 4.45. The van der Waals surface area contributed by atoms with Gasteiger partial charge in [-0.3, -0.25) is 0 Å². The van der Waals surface area contributed by atoms with Crippen LogP contribution in [0, 0.1) is 0 Å². The average molecular weight is 371 g/mol. The normalized spacial score (nSPS) is 13.5. The second kappa shape index (κ2) is 7.67. The number of aromatic nitrogens is 4. The van der Waals surface area contributed by atoms with Gasteiger partial charge in [0.25, 0.3) is 0 Å². The number of aliphatic hydroxyl groups is 1. The molecule has 144 valence electrons. The number of hydrogen-bond donors (Lipinski definition) is 5. The van der Waals surface area contributed by atoms with Crippen molar-refractivity contribution in [3.63, 3.8) is 0 Å². The van der Waals surface area contributed by atoms with Gasteiger partial charge in [0.1, 0.15) is 5.75 Å². The predicted molar refractivity (Wildman–Crippen MR) is 106 cm³/mol. The third-order valence-corrected chi connectivity index (χ3v) is 4.45. The highest BCUT2D eigenvalue weighted by molar-refractivity contribution is 5.84. The zero-order chi connectivity index (χ0) is 19.6. The minimum absolute atomic E-state index is 0.154. The number of aryl methyl sites for hydroxylation is 1. The number of nitrogens with two attached hydrogens (primary N) is 1. The summed E-state index contributed by atoms with van der Waals surface area (Å²) in [6, 6.07) is 4.74. The van der Waals surface area contributed by atoms with E-state index in [-0.39, 0.29) is 11.8 Å². The molecule has 3 rings (SSSR count). The van der Waals surface area contributed by atoms with Gasteiger partial charge < -0.3 is 31.1 Å². The lowest BCUT2D eigenvalue weighted by atomic mass is 10.1. The van der Waals surface area contributed by atoms with Crippen molar-refractivity contribution < 1.29 is 10.2 Å². The van der Waals surface area contributed by atoms with Gasteiger partial charge in [-0.15, -0.1) is 0 Å². The molecule has 9 heteroatoms. The van der Waals surface area contributed by atoms with Gasteiger partial charge in [-0.1, -0.05) is 6.92 Å². The van der Waals surface area contributed by atoms with E-state index >= 15 is 0 Å². The first-order valence-electron chi connectivity index (χ1n) is 8.84. The van der Waals surface area contributed by atoms with Crippen molar-refractivity contribution in [1.29, 1.82) is 0 Å². The van der Waals surface area contributed by atoms with E-state index in [0.717, 1.165) is 6.42 Å². The van der Waals surface area contributed by atoms with E-state index < -0.39 is 6.10 Å². The minimum atomic E-state index is -0.540. The number of nitrogen functional groups attached to an aromatic ring is 1. The lowest BCUT2D eigenvalue weighted by molar-refractivity contribution is 0.169. The maximum absolute atomic E-state index is 10.0. The van der Waals surface area contributed by atoms with Crippen LogP contribution < -0.4 is 16.4 Å². The molecule has 1 aromatic carbocycles. The second-order valence-corrected chi connectivity index (χ2v) is 6.56. The van der Waals surface area contributed by atoms with Crippen LogP contribution in [0.4, 0.5) is 17.5 Å². The molecule has 0 fully saturated rings. The Labute approximate surface area is 157 Å². The number of nitrogens with one attached hydrogen (secondary N) is 2. The molecule has 27 heavy (non-hydrogen) atoms. The molecule has 0 radical (unpaired) electrons. The van der Waals surface area contributed by atoms with E-state index in [9.17, 15) is 10.2 Å². The first-order chi connectivity index (χ1) is 12.9. The first kappa shape index (κ1) is 18.7. The molecule has 0 saturated carbocycles. The number of anilines is 3. The van der Waals surface area contributed by atoms with Crippen molar-refractivity contribution in [3.05, 3.63) is 30.1 Å². The Morgan fingerprint density at radius 2 is 2.07 bits per heavy atom. The van der Waals surface area contributed by atoms with Crippen LogP contribution in [0.3, 0.4) is 0 Å². The minimum Gasteiger partial charge on any atom is -0.508 e. The lowest BCUT2D eigenvalue weighted by Crippen LogP contribution is -2.31. The molecule has 0 aliphatic rings. The van der Waals surface area contributed by atoms with Crippen LogP contribution in [0.25, 0.3) is 11.2 Å². The maximum atomic E-state index is 10.0. The largest absolute Gasteiger partial charge is 0.508 e. The highest BCUT2D eigenvalue weighted by atomic mass is 16.3. The standard InChI is InChI=1S/C18H25N7O2/c1-4-13(10(2)26)22-18-23-16(15-17(24-18)25(3)9-21-15)20-8-11-7-12(19)5-6-14(11)27/h5-7,9-10,13,26-27H,4,8,19H2,1-3H3,(H2,20,22,23,24). The molecule has 0 aliphatic heterocycles. The van der Waals surface area contributed by atoms with Crippen molar-refractivity contribution in [3.8, 4) is 5.75 Å². The van der Waals surface area contributed by atoms with Crippen LogP contribution in [0.1, 0.15) is 25.8 Å². The molecule has 9 nitrogen and oxygen atoms in total. The van der Waals surface area contributed by atoms with Gasteiger partial charge in [0.15, 0.2) is 17.0 Å².